The molecule has 0 aliphatic carbocycles. The largest absolute Gasteiger partial charge is 0.383 e. The number of carbonyl (C=O) groups is 1. The maximum absolute atomic E-state index is 14.4. The number of fused-ring (bicyclic) bond motifs is 2. The van der Waals surface area contributed by atoms with Gasteiger partial charge in [-0.3, -0.25) is 4.79 Å². The summed E-state index contributed by atoms with van der Waals surface area (Å²) in [5.74, 6) is 0.0401. The van der Waals surface area contributed by atoms with Crippen LogP contribution >= 0.6 is 0 Å². The molecular weight excluding hydrogens is 393 g/mol. The minimum Gasteiger partial charge on any atom is -0.383 e. The summed E-state index contributed by atoms with van der Waals surface area (Å²) in [5, 5.41) is 0.825. The number of aromatic nitrogens is 3. The first kappa shape index (κ1) is 19.2. The first-order chi connectivity index (χ1) is 14.9. The maximum atomic E-state index is 14.4. The topological polar surface area (TPSA) is 77.0 Å². The highest BCUT2D eigenvalue weighted by molar-refractivity contribution is 6.02. The van der Waals surface area contributed by atoms with E-state index in [0.717, 1.165) is 39.8 Å². The van der Waals surface area contributed by atoms with Crippen molar-refractivity contribution in [2.45, 2.75) is 19.8 Å². The number of nitrogen functional groups attached to an aromatic ring is 1. The summed E-state index contributed by atoms with van der Waals surface area (Å²) in [4.78, 5) is 23.2. The van der Waals surface area contributed by atoms with Gasteiger partial charge in [0.25, 0.3) is 0 Å². The van der Waals surface area contributed by atoms with Crippen molar-refractivity contribution in [1.29, 1.82) is 0 Å². The normalized spacial score (nSPS) is 13.1. The molecule has 1 aliphatic heterocycles. The Hall–Kier alpha value is -3.74. The molecule has 156 valence electrons. The third-order valence-corrected chi connectivity index (χ3v) is 5.98. The molecule has 0 bridgehead atoms. The zero-order valence-corrected chi connectivity index (χ0v) is 17.4. The van der Waals surface area contributed by atoms with Crippen LogP contribution in [0.15, 0.2) is 48.9 Å². The lowest BCUT2D eigenvalue weighted by Crippen LogP contribution is -2.30. The van der Waals surface area contributed by atoms with Gasteiger partial charge in [-0.15, -0.1) is 0 Å². The number of aryl methyl sites for hydroxylation is 2. The fraction of sp³-hybridized carbons (Fsp3) is 0.208. The van der Waals surface area contributed by atoms with Gasteiger partial charge in [-0.05, 0) is 47.7 Å². The molecule has 7 heteroatoms. The Bertz CT molecular complexity index is 1340. The molecule has 0 unspecified atom stereocenters. The second-order valence-corrected chi connectivity index (χ2v) is 7.97. The van der Waals surface area contributed by atoms with Crippen LogP contribution in [0.4, 0.5) is 15.9 Å². The molecule has 2 aromatic carbocycles. The number of benzene rings is 2. The molecule has 2 aromatic heterocycles. The van der Waals surface area contributed by atoms with Gasteiger partial charge in [0.05, 0.1) is 11.8 Å². The van der Waals surface area contributed by atoms with Crippen molar-refractivity contribution in [2.75, 3.05) is 17.2 Å². The van der Waals surface area contributed by atoms with E-state index in [9.17, 15) is 9.18 Å². The molecule has 31 heavy (non-hydrogen) atoms. The summed E-state index contributed by atoms with van der Waals surface area (Å²) >= 11 is 0. The molecule has 6 nitrogen and oxygen atoms in total. The molecule has 1 amide bonds. The van der Waals surface area contributed by atoms with E-state index in [1.54, 1.807) is 30.0 Å². The first-order valence-electron chi connectivity index (χ1n) is 10.2. The predicted octanol–water partition coefficient (Wildman–Crippen LogP) is 3.80. The molecule has 1 aliphatic rings. The van der Waals surface area contributed by atoms with Gasteiger partial charge >= 0.3 is 0 Å². The van der Waals surface area contributed by atoms with Crippen molar-refractivity contribution in [1.82, 2.24) is 14.5 Å². The Morgan fingerprint density at radius 2 is 2.06 bits per heavy atom. The van der Waals surface area contributed by atoms with E-state index in [2.05, 4.69) is 16.0 Å². The van der Waals surface area contributed by atoms with Crippen molar-refractivity contribution in [3.8, 4) is 11.1 Å². The highest BCUT2D eigenvalue weighted by atomic mass is 19.1. The third kappa shape index (κ3) is 3.13. The van der Waals surface area contributed by atoms with E-state index in [0.29, 0.717) is 23.5 Å². The molecule has 0 saturated carbocycles. The van der Waals surface area contributed by atoms with Crippen molar-refractivity contribution in [3.63, 3.8) is 0 Å². The average molecular weight is 415 g/mol. The molecule has 5 rings (SSSR count). The molecule has 0 atom stereocenters. The molecule has 0 saturated heterocycles. The van der Waals surface area contributed by atoms with E-state index in [4.69, 9.17) is 5.73 Å². The number of nitrogens with zero attached hydrogens (tertiary/aromatic N) is 4. The number of halogens is 1. The van der Waals surface area contributed by atoms with E-state index < -0.39 is 0 Å². The Kier molecular flexibility index (Phi) is 4.46. The molecule has 0 radical (unpaired) electrons. The summed E-state index contributed by atoms with van der Waals surface area (Å²) < 4.78 is 16.3. The smallest absolute Gasteiger partial charge is 0.231 e. The lowest BCUT2D eigenvalue weighted by Gasteiger charge is -2.18. The van der Waals surface area contributed by atoms with Gasteiger partial charge in [0.15, 0.2) is 0 Å². The standard InChI is InChI=1S/C24H22FN5O/c1-14-4-3-5-17(22(14)25)11-20(31)30-9-8-16-10-15(6-7-19(16)30)18-12-29(2)24-21(18)23(26)27-13-28-24/h3-7,10,12-13H,8-9,11H2,1-2H3,(H2,26,27,28). The summed E-state index contributed by atoms with van der Waals surface area (Å²) in [7, 11) is 1.93. The lowest BCUT2D eigenvalue weighted by atomic mass is 10.0. The first-order valence-corrected chi connectivity index (χ1v) is 10.2. The fourth-order valence-corrected chi connectivity index (χ4v) is 4.38. The minimum absolute atomic E-state index is 0.0475. The van der Waals surface area contributed by atoms with E-state index in [-0.39, 0.29) is 18.1 Å². The van der Waals surface area contributed by atoms with Crippen LogP contribution in [-0.2, 0) is 24.7 Å². The molecule has 3 heterocycles. The number of carbonyl (C=O) groups excluding carboxylic acids is 1. The highest BCUT2D eigenvalue weighted by Gasteiger charge is 2.26. The van der Waals surface area contributed by atoms with Crippen molar-refractivity contribution < 1.29 is 9.18 Å². The summed E-state index contributed by atoms with van der Waals surface area (Å²) in [5.41, 5.74) is 11.8. The highest BCUT2D eigenvalue weighted by Crippen LogP contribution is 2.37. The fourth-order valence-electron chi connectivity index (χ4n) is 4.38. The van der Waals surface area contributed by atoms with Crippen LogP contribution in [0.25, 0.3) is 22.2 Å². The van der Waals surface area contributed by atoms with E-state index >= 15 is 0 Å². The van der Waals surface area contributed by atoms with Gasteiger partial charge < -0.3 is 15.2 Å². The average Bonchev–Trinajstić information content (AvgIpc) is 3.33. The molecule has 0 spiro atoms. The second kappa shape index (κ2) is 7.19. The Morgan fingerprint density at radius 3 is 2.90 bits per heavy atom. The van der Waals surface area contributed by atoms with Crippen LogP contribution in [-0.4, -0.2) is 27.0 Å². The van der Waals surface area contributed by atoms with Gasteiger partial charge in [-0.25, -0.2) is 14.4 Å². The van der Waals surface area contributed by atoms with Crippen LogP contribution in [0.5, 0.6) is 0 Å². The zero-order valence-electron chi connectivity index (χ0n) is 17.4. The summed E-state index contributed by atoms with van der Waals surface area (Å²) in [6.45, 7) is 2.30. The van der Waals surface area contributed by atoms with Crippen LogP contribution in [0.1, 0.15) is 16.7 Å². The van der Waals surface area contributed by atoms with Gasteiger partial charge in [0.2, 0.25) is 5.91 Å². The number of rotatable bonds is 3. The number of hydrogen-bond donors (Lipinski definition) is 1. The Morgan fingerprint density at radius 1 is 1.23 bits per heavy atom. The van der Waals surface area contributed by atoms with Crippen molar-refractivity contribution >= 4 is 28.4 Å². The van der Waals surface area contributed by atoms with Gasteiger partial charge in [-0.1, -0.05) is 24.3 Å². The third-order valence-electron chi connectivity index (χ3n) is 5.98. The van der Waals surface area contributed by atoms with Crippen molar-refractivity contribution in [3.05, 3.63) is 71.4 Å². The monoisotopic (exact) mass is 415 g/mol. The van der Waals surface area contributed by atoms with Gasteiger partial charge in [0, 0.05) is 31.0 Å². The second-order valence-electron chi connectivity index (χ2n) is 7.97. The summed E-state index contributed by atoms with van der Waals surface area (Å²) in [6.07, 6.45) is 4.26. The number of nitrogens with two attached hydrogens (primary N) is 1. The molecule has 0 fully saturated rings. The SMILES string of the molecule is Cc1cccc(CC(=O)N2CCc3cc(-c4cn(C)c5ncnc(N)c45)ccc32)c1F. The Labute approximate surface area is 179 Å². The van der Waals surface area contributed by atoms with E-state index in [1.807, 2.05) is 29.9 Å². The number of hydrogen-bond acceptors (Lipinski definition) is 4. The molecule has 4 aromatic rings. The summed E-state index contributed by atoms with van der Waals surface area (Å²) in [6, 6.07) is 11.2. The molecular formula is C24H22FN5O. The zero-order chi connectivity index (χ0) is 21.7. The van der Waals surface area contributed by atoms with Crippen LogP contribution in [0, 0.1) is 12.7 Å². The quantitative estimate of drug-likeness (QED) is 0.552. The number of amides is 1. The number of anilines is 2. The van der Waals surface area contributed by atoms with E-state index in [1.165, 1.54) is 6.33 Å². The van der Waals surface area contributed by atoms with Crippen LogP contribution in [0.3, 0.4) is 0 Å². The Balaban J connectivity index is 1.47. The van der Waals surface area contributed by atoms with Crippen LogP contribution < -0.4 is 10.6 Å². The maximum Gasteiger partial charge on any atom is 0.231 e. The van der Waals surface area contributed by atoms with Crippen LogP contribution in [0.2, 0.25) is 0 Å². The van der Waals surface area contributed by atoms with Gasteiger partial charge in [-0.2, -0.15) is 0 Å². The predicted molar refractivity (Wildman–Crippen MR) is 119 cm³/mol. The van der Waals surface area contributed by atoms with Crippen molar-refractivity contribution in [2.24, 2.45) is 7.05 Å². The lowest BCUT2D eigenvalue weighted by molar-refractivity contribution is -0.117. The van der Waals surface area contributed by atoms with Gasteiger partial charge in [0.1, 0.15) is 23.6 Å². The minimum atomic E-state index is -0.304. The molecule has 2 N–H and O–H groups in total.